The quantitative estimate of drug-likeness (QED) is 0.874. The monoisotopic (exact) mass is 352 g/mol. The molecule has 1 heterocycles. The molecule has 1 aromatic carbocycles. The summed E-state index contributed by atoms with van der Waals surface area (Å²) < 4.78 is 0. The molecule has 0 spiro atoms. The second-order valence-corrected chi connectivity index (χ2v) is 8.36. The maximum Gasteiger partial charge on any atom is 0.224 e. The highest BCUT2D eigenvalue weighted by Crippen LogP contribution is 2.46. The summed E-state index contributed by atoms with van der Waals surface area (Å²) in [4.78, 5) is 14.4. The smallest absolute Gasteiger partial charge is 0.224 e. The van der Waals surface area contributed by atoms with Crippen LogP contribution in [0.1, 0.15) is 46.1 Å². The zero-order valence-corrected chi connectivity index (χ0v) is 15.8. The molecule has 3 N–H and O–H groups in total. The first-order valence-corrected chi connectivity index (χ1v) is 8.96. The number of piperidine rings is 1. The first kappa shape index (κ1) is 19.2. The van der Waals surface area contributed by atoms with Crippen molar-refractivity contribution in [2.24, 2.45) is 17.1 Å². The molecule has 1 amide bonds. The fourth-order valence-electron chi connectivity index (χ4n) is 3.36. The molecule has 5 heteroatoms. The fourth-order valence-corrected chi connectivity index (χ4v) is 3.49. The Hall–Kier alpha value is -1.10. The van der Waals surface area contributed by atoms with E-state index in [9.17, 15) is 9.90 Å². The average Bonchev–Trinajstić information content (AvgIpc) is 2.50. The molecular formula is C19H29ClN2O2. The number of aliphatic hydroxyl groups is 1. The number of hydrogen-bond acceptors (Lipinski definition) is 3. The summed E-state index contributed by atoms with van der Waals surface area (Å²) in [5, 5.41) is 12.0. The summed E-state index contributed by atoms with van der Waals surface area (Å²) in [7, 11) is 0. The van der Waals surface area contributed by atoms with E-state index in [0.717, 1.165) is 5.56 Å². The van der Waals surface area contributed by atoms with Gasteiger partial charge in [-0.2, -0.15) is 0 Å². The number of carbonyl (C=O) groups is 1. The zero-order valence-electron chi connectivity index (χ0n) is 15.1. The fraction of sp³-hybridized carbons (Fsp3) is 0.632. The first-order valence-electron chi connectivity index (χ1n) is 8.58. The van der Waals surface area contributed by atoms with E-state index in [4.69, 9.17) is 17.3 Å². The molecule has 2 rings (SSSR count). The van der Waals surface area contributed by atoms with E-state index in [2.05, 4.69) is 0 Å². The molecular weight excluding hydrogens is 324 g/mol. The van der Waals surface area contributed by atoms with Gasteiger partial charge < -0.3 is 15.7 Å². The summed E-state index contributed by atoms with van der Waals surface area (Å²) >= 11 is 5.96. The summed E-state index contributed by atoms with van der Waals surface area (Å²) in [6.45, 7) is 9.10. The van der Waals surface area contributed by atoms with Crippen molar-refractivity contribution in [1.29, 1.82) is 0 Å². The summed E-state index contributed by atoms with van der Waals surface area (Å²) in [5.41, 5.74) is 5.45. The number of rotatable bonds is 4. The number of halogens is 1. The van der Waals surface area contributed by atoms with Gasteiger partial charge in [-0.3, -0.25) is 4.79 Å². The molecule has 0 aromatic heterocycles. The van der Waals surface area contributed by atoms with Gasteiger partial charge in [0, 0.05) is 36.0 Å². The van der Waals surface area contributed by atoms with Gasteiger partial charge in [0.1, 0.15) is 0 Å². The second-order valence-electron chi connectivity index (χ2n) is 7.93. The Kier molecular flexibility index (Phi) is 5.63. The summed E-state index contributed by atoms with van der Waals surface area (Å²) in [5.74, 6) is 0.347. The van der Waals surface area contributed by atoms with Crippen molar-refractivity contribution in [1.82, 2.24) is 4.90 Å². The Bertz CT molecular complexity index is 586. The maximum absolute atomic E-state index is 12.5. The Morgan fingerprint density at radius 3 is 2.42 bits per heavy atom. The van der Waals surface area contributed by atoms with Gasteiger partial charge in [-0.1, -0.05) is 51.4 Å². The molecule has 4 nitrogen and oxygen atoms in total. The van der Waals surface area contributed by atoms with Gasteiger partial charge in [0.25, 0.3) is 0 Å². The van der Waals surface area contributed by atoms with Gasteiger partial charge >= 0.3 is 0 Å². The van der Waals surface area contributed by atoms with Crippen LogP contribution in [0.15, 0.2) is 24.3 Å². The highest BCUT2D eigenvalue weighted by Gasteiger charge is 2.49. The normalized spacial score (nSPS) is 24.9. The van der Waals surface area contributed by atoms with Crippen LogP contribution in [0.4, 0.5) is 0 Å². The summed E-state index contributed by atoms with van der Waals surface area (Å²) in [6, 6.07) is 7.21. The summed E-state index contributed by atoms with van der Waals surface area (Å²) in [6.07, 6.45) is 0.859. The number of nitrogens with two attached hydrogens (primary N) is 1. The van der Waals surface area contributed by atoms with Crippen LogP contribution in [0.25, 0.3) is 0 Å². The van der Waals surface area contributed by atoms with Gasteiger partial charge in [0.05, 0.1) is 5.60 Å². The van der Waals surface area contributed by atoms with Crippen LogP contribution >= 0.6 is 11.6 Å². The zero-order chi connectivity index (χ0) is 18.1. The number of amides is 1. The molecule has 1 saturated heterocycles. The number of hydrogen-bond donors (Lipinski definition) is 2. The lowest BCUT2D eigenvalue weighted by Crippen LogP contribution is -2.57. The molecule has 134 valence electrons. The standard InChI is InChI=1S/C19H29ClN2O2/c1-13(2)16(21)11-17(23)22-10-9-19(24,18(3,4)12-22)14-5-7-15(20)8-6-14/h5-8,13,16,24H,9-12,21H2,1-4H3/t16?,19-/m0/s1. The molecule has 0 bridgehead atoms. The van der Waals surface area contributed by atoms with Gasteiger partial charge in [-0.15, -0.1) is 0 Å². The van der Waals surface area contributed by atoms with Crippen molar-refractivity contribution in [2.75, 3.05) is 13.1 Å². The SMILES string of the molecule is CC(C)C(N)CC(=O)N1CC[C@](O)(c2ccc(Cl)cc2)C(C)(C)C1. The van der Waals surface area contributed by atoms with E-state index in [1.54, 1.807) is 12.1 Å². The van der Waals surface area contributed by atoms with E-state index in [0.29, 0.717) is 31.0 Å². The van der Waals surface area contributed by atoms with Gasteiger partial charge in [-0.05, 0) is 30.0 Å². The molecule has 0 saturated carbocycles. The predicted octanol–water partition coefficient (Wildman–Crippen LogP) is 3.16. The Balaban J connectivity index is 2.14. The third-order valence-corrected chi connectivity index (χ3v) is 5.64. The lowest BCUT2D eigenvalue weighted by Gasteiger charge is -2.50. The minimum atomic E-state index is -0.978. The molecule has 1 aliphatic heterocycles. The highest BCUT2D eigenvalue weighted by molar-refractivity contribution is 6.30. The van der Waals surface area contributed by atoms with Gasteiger partial charge in [0.2, 0.25) is 5.91 Å². The largest absolute Gasteiger partial charge is 0.384 e. The number of likely N-dealkylation sites (tertiary alicyclic amines) is 1. The maximum atomic E-state index is 12.5. The molecule has 0 radical (unpaired) electrons. The molecule has 1 aliphatic rings. The van der Waals surface area contributed by atoms with Crippen molar-refractivity contribution in [2.45, 2.75) is 52.2 Å². The minimum Gasteiger partial charge on any atom is -0.384 e. The van der Waals surface area contributed by atoms with Crippen molar-refractivity contribution >= 4 is 17.5 Å². The third kappa shape index (κ3) is 3.76. The van der Waals surface area contributed by atoms with Gasteiger partial charge in [0.15, 0.2) is 0 Å². The van der Waals surface area contributed by atoms with Crippen LogP contribution in [-0.4, -0.2) is 35.0 Å². The van der Waals surface area contributed by atoms with Crippen LogP contribution in [0.2, 0.25) is 5.02 Å². The highest BCUT2D eigenvalue weighted by atomic mass is 35.5. The van der Waals surface area contributed by atoms with Crippen molar-refractivity contribution in [3.05, 3.63) is 34.9 Å². The number of nitrogens with zero attached hydrogens (tertiary/aromatic N) is 1. The number of benzene rings is 1. The van der Waals surface area contributed by atoms with E-state index < -0.39 is 11.0 Å². The van der Waals surface area contributed by atoms with Crippen molar-refractivity contribution < 1.29 is 9.90 Å². The lowest BCUT2D eigenvalue weighted by molar-refractivity contribution is -0.153. The Labute approximate surface area is 150 Å². The van der Waals surface area contributed by atoms with E-state index >= 15 is 0 Å². The molecule has 24 heavy (non-hydrogen) atoms. The van der Waals surface area contributed by atoms with Crippen molar-refractivity contribution in [3.8, 4) is 0 Å². The van der Waals surface area contributed by atoms with E-state index in [1.807, 2.05) is 44.7 Å². The van der Waals surface area contributed by atoms with E-state index in [1.165, 1.54) is 0 Å². The predicted molar refractivity (Wildman–Crippen MR) is 97.8 cm³/mol. The second kappa shape index (κ2) is 7.03. The van der Waals surface area contributed by atoms with Crippen LogP contribution in [0.5, 0.6) is 0 Å². The van der Waals surface area contributed by atoms with Crippen LogP contribution in [-0.2, 0) is 10.4 Å². The van der Waals surface area contributed by atoms with Crippen LogP contribution in [0.3, 0.4) is 0 Å². The minimum absolute atomic E-state index is 0.0717. The molecule has 2 atom stereocenters. The molecule has 1 fully saturated rings. The molecule has 1 aromatic rings. The van der Waals surface area contributed by atoms with E-state index in [-0.39, 0.29) is 17.9 Å². The Morgan fingerprint density at radius 1 is 1.33 bits per heavy atom. The topological polar surface area (TPSA) is 66.6 Å². The Morgan fingerprint density at radius 2 is 1.92 bits per heavy atom. The van der Waals surface area contributed by atoms with Gasteiger partial charge in [-0.25, -0.2) is 0 Å². The van der Waals surface area contributed by atoms with Crippen LogP contribution in [0, 0.1) is 11.3 Å². The van der Waals surface area contributed by atoms with Crippen LogP contribution < -0.4 is 5.73 Å². The average molecular weight is 353 g/mol. The third-order valence-electron chi connectivity index (χ3n) is 5.39. The first-order chi connectivity index (χ1) is 11.1. The van der Waals surface area contributed by atoms with Crippen molar-refractivity contribution in [3.63, 3.8) is 0 Å². The molecule has 1 unspecified atom stereocenters. The molecule has 0 aliphatic carbocycles. The number of carbonyl (C=O) groups excluding carboxylic acids is 1. The lowest BCUT2D eigenvalue weighted by atomic mass is 9.66.